The molecule has 4 N–H and O–H groups in total. The number of benzene rings is 3. The maximum atomic E-state index is 6.14. The van der Waals surface area contributed by atoms with Crippen molar-refractivity contribution in [3.63, 3.8) is 0 Å². The standard InChI is InChI=1S/C26H22N4.2BrH/c27-23-13-15-29(25-7-3-1-5-21(23)25)17-19-9-11-20(12-10-19)18-30-16-14-24(28)22-6-2-4-8-26(22)30;;/h1-16,27-28H,17-18H2;2*1H. The lowest BCUT2D eigenvalue weighted by atomic mass is 10.1. The molecule has 5 aromatic rings. The number of rotatable bonds is 4. The van der Waals surface area contributed by atoms with E-state index in [-0.39, 0.29) is 34.0 Å². The second-order valence-electron chi connectivity index (χ2n) is 7.65. The van der Waals surface area contributed by atoms with Gasteiger partial charge in [-0.3, -0.25) is 0 Å². The molecule has 0 spiro atoms. The van der Waals surface area contributed by atoms with Crippen LogP contribution in [0.2, 0.25) is 0 Å². The van der Waals surface area contributed by atoms with Gasteiger partial charge in [-0.05, 0) is 12.1 Å². The van der Waals surface area contributed by atoms with Crippen LogP contribution in [0.1, 0.15) is 11.1 Å². The lowest BCUT2D eigenvalue weighted by Crippen LogP contribution is -3.00. The first-order valence-electron chi connectivity index (χ1n) is 10.1. The van der Waals surface area contributed by atoms with E-state index in [0.717, 1.165) is 46.3 Å². The second-order valence-corrected chi connectivity index (χ2v) is 7.65. The molecule has 162 valence electrons. The normalized spacial score (nSPS) is 10.5. The minimum absolute atomic E-state index is 0. The summed E-state index contributed by atoms with van der Waals surface area (Å²) in [5, 5.41) is 2.17. The van der Waals surface area contributed by atoms with Crippen LogP contribution in [0, 0.1) is 0 Å². The molecule has 0 unspecified atom stereocenters. The molecule has 6 heteroatoms. The summed E-state index contributed by atoms with van der Waals surface area (Å²) in [6, 6.07) is 29.3. The molecule has 32 heavy (non-hydrogen) atoms. The maximum Gasteiger partial charge on any atom is 0.214 e. The van der Waals surface area contributed by atoms with Crippen LogP contribution in [0.15, 0.2) is 97.3 Å². The van der Waals surface area contributed by atoms with Gasteiger partial charge in [0.1, 0.15) is 0 Å². The molecule has 0 radical (unpaired) electrons. The third-order valence-corrected chi connectivity index (χ3v) is 5.65. The van der Waals surface area contributed by atoms with E-state index in [1.54, 1.807) is 0 Å². The molecule has 5 rings (SSSR count). The Morgan fingerprint density at radius 1 is 0.500 bits per heavy atom. The number of anilines is 2. The Morgan fingerprint density at radius 2 is 0.875 bits per heavy atom. The van der Waals surface area contributed by atoms with E-state index in [2.05, 4.69) is 82.2 Å². The molecule has 2 heterocycles. The molecule has 0 fully saturated rings. The van der Waals surface area contributed by atoms with Gasteiger partial charge in [0.25, 0.3) is 0 Å². The van der Waals surface area contributed by atoms with E-state index >= 15 is 0 Å². The van der Waals surface area contributed by atoms with Gasteiger partial charge < -0.3 is 45.4 Å². The summed E-state index contributed by atoms with van der Waals surface area (Å²) in [5.41, 5.74) is 18.7. The first-order valence-corrected chi connectivity index (χ1v) is 10.1. The molecule has 4 nitrogen and oxygen atoms in total. The zero-order valence-electron chi connectivity index (χ0n) is 17.5. The van der Waals surface area contributed by atoms with Gasteiger partial charge in [0.2, 0.25) is 11.0 Å². The number of nitrogens with zero attached hydrogens (tertiary/aromatic N) is 2. The summed E-state index contributed by atoms with van der Waals surface area (Å²) in [4.78, 5) is 0. The summed E-state index contributed by atoms with van der Waals surface area (Å²) in [6.07, 6.45) is 4.11. The van der Waals surface area contributed by atoms with Crippen molar-refractivity contribution in [2.45, 2.75) is 13.1 Å². The molecule has 3 aromatic carbocycles. The van der Waals surface area contributed by atoms with Crippen molar-refractivity contribution >= 4 is 33.2 Å². The van der Waals surface area contributed by atoms with Crippen LogP contribution in [0.5, 0.6) is 0 Å². The van der Waals surface area contributed by atoms with Crippen molar-refractivity contribution < 1.29 is 43.1 Å². The van der Waals surface area contributed by atoms with Crippen LogP contribution in [-0.2, 0) is 13.1 Å². The summed E-state index contributed by atoms with van der Waals surface area (Å²) in [7, 11) is 0. The fourth-order valence-electron chi connectivity index (χ4n) is 4.04. The Kier molecular flexibility index (Phi) is 7.48. The molecule has 0 aliphatic rings. The van der Waals surface area contributed by atoms with Crippen LogP contribution in [0.25, 0.3) is 21.8 Å². The highest BCUT2D eigenvalue weighted by atomic mass is 79.9. The van der Waals surface area contributed by atoms with Crippen molar-refractivity contribution in [2.24, 2.45) is 0 Å². The van der Waals surface area contributed by atoms with Crippen LogP contribution < -0.4 is 54.6 Å². The van der Waals surface area contributed by atoms with Gasteiger partial charge in [-0.15, -0.1) is 0 Å². The number of para-hydroxylation sites is 2. The summed E-state index contributed by atoms with van der Waals surface area (Å²) in [5.74, 6) is 0. The van der Waals surface area contributed by atoms with Crippen molar-refractivity contribution in [1.82, 2.24) is 0 Å². The van der Waals surface area contributed by atoms with Crippen LogP contribution >= 0.6 is 0 Å². The monoisotopic (exact) mass is 550 g/mol. The molecule has 2 aromatic heterocycles. The number of hydrogen-bond acceptors (Lipinski definition) is 2. The Balaban J connectivity index is 0.00000144. The Hall–Kier alpha value is -2.96. The Morgan fingerprint density at radius 3 is 1.28 bits per heavy atom. The van der Waals surface area contributed by atoms with Crippen molar-refractivity contribution in [3.05, 3.63) is 108 Å². The van der Waals surface area contributed by atoms with Crippen molar-refractivity contribution in [1.29, 1.82) is 0 Å². The predicted molar refractivity (Wildman–Crippen MR) is 122 cm³/mol. The van der Waals surface area contributed by atoms with E-state index in [1.807, 2.05) is 24.3 Å². The number of pyridine rings is 2. The molecule has 0 aliphatic carbocycles. The number of nitrogen functional groups attached to an aromatic ring is 2. The Labute approximate surface area is 208 Å². The third-order valence-electron chi connectivity index (χ3n) is 5.65. The summed E-state index contributed by atoms with van der Waals surface area (Å²) in [6.45, 7) is 1.61. The molecular formula is C26H24Br2N4. The zero-order valence-corrected chi connectivity index (χ0v) is 20.6. The lowest BCUT2D eigenvalue weighted by molar-refractivity contribution is -0.662. The molecule has 0 bridgehead atoms. The van der Waals surface area contributed by atoms with E-state index in [4.69, 9.17) is 11.5 Å². The van der Waals surface area contributed by atoms with Gasteiger partial charge in [-0.1, -0.05) is 48.5 Å². The Bertz CT molecular complexity index is 1260. The van der Waals surface area contributed by atoms with Crippen molar-refractivity contribution in [3.8, 4) is 0 Å². The zero-order chi connectivity index (χ0) is 20.5. The number of fused-ring (bicyclic) bond motifs is 2. The molecular weight excluding hydrogens is 528 g/mol. The summed E-state index contributed by atoms with van der Waals surface area (Å²) >= 11 is 0. The van der Waals surface area contributed by atoms with Gasteiger partial charge in [0.05, 0.1) is 22.1 Å². The topological polar surface area (TPSA) is 59.8 Å². The predicted octanol–water partition coefficient (Wildman–Crippen LogP) is -2.16. The van der Waals surface area contributed by atoms with E-state index in [9.17, 15) is 0 Å². The largest absolute Gasteiger partial charge is 1.00 e. The second kappa shape index (κ2) is 10.1. The minimum atomic E-state index is 0. The fourth-order valence-corrected chi connectivity index (χ4v) is 4.04. The van der Waals surface area contributed by atoms with Gasteiger partial charge >= 0.3 is 0 Å². The molecule has 0 atom stereocenters. The van der Waals surface area contributed by atoms with E-state index in [0.29, 0.717) is 0 Å². The lowest BCUT2D eigenvalue weighted by Gasteiger charge is -2.06. The van der Waals surface area contributed by atoms with E-state index in [1.165, 1.54) is 11.1 Å². The smallest absolute Gasteiger partial charge is 0.214 e. The number of nitrogens with two attached hydrogens (primary N) is 2. The molecule has 0 saturated heterocycles. The van der Waals surface area contributed by atoms with Gasteiger partial charge in [0.15, 0.2) is 25.5 Å². The number of hydrogen-bond donors (Lipinski definition) is 2. The van der Waals surface area contributed by atoms with Gasteiger partial charge in [-0.25, -0.2) is 0 Å². The maximum absolute atomic E-state index is 6.14. The number of aromatic nitrogens is 2. The summed E-state index contributed by atoms with van der Waals surface area (Å²) < 4.78 is 4.48. The average Bonchev–Trinajstić information content (AvgIpc) is 2.79. The molecule has 0 aliphatic heterocycles. The van der Waals surface area contributed by atoms with Crippen molar-refractivity contribution in [2.75, 3.05) is 11.5 Å². The van der Waals surface area contributed by atoms with Gasteiger partial charge in [-0.2, -0.15) is 9.13 Å². The fraction of sp³-hybridized carbons (Fsp3) is 0.0769. The molecule has 0 saturated carbocycles. The SMILES string of the molecule is Nc1cc[n+](Cc2ccc(C[n+]3ccc(N)c4ccccc43)cc2)c2ccccc12.[Br-].[Br-]. The first-order chi connectivity index (χ1) is 14.7. The average molecular weight is 552 g/mol. The highest BCUT2D eigenvalue weighted by Crippen LogP contribution is 2.18. The minimum Gasteiger partial charge on any atom is -1.00 e. The van der Waals surface area contributed by atoms with Gasteiger partial charge in [0, 0.05) is 35.4 Å². The first kappa shape index (κ1) is 23.7. The van der Waals surface area contributed by atoms with E-state index < -0.39 is 0 Å². The molecule has 0 amide bonds. The highest BCUT2D eigenvalue weighted by Gasteiger charge is 2.13. The van der Waals surface area contributed by atoms with Crippen LogP contribution in [-0.4, -0.2) is 0 Å². The highest BCUT2D eigenvalue weighted by molar-refractivity contribution is 5.88. The number of halogens is 2. The van der Waals surface area contributed by atoms with Crippen LogP contribution in [0.3, 0.4) is 0 Å². The third kappa shape index (κ3) is 4.61. The quantitative estimate of drug-likeness (QED) is 0.250. The van der Waals surface area contributed by atoms with Crippen LogP contribution in [0.4, 0.5) is 11.4 Å².